The number of carbonyl (C=O) groups excluding carboxylic acids is 1. The van der Waals surface area contributed by atoms with Crippen LogP contribution in [-0.4, -0.2) is 54.1 Å². The monoisotopic (exact) mass is 432 g/mol. The number of amides is 1. The first-order chi connectivity index (χ1) is 15.6. The number of anilines is 1. The number of carbonyl (C=O) groups is 1. The number of ether oxygens (including phenoxy) is 1. The predicted octanol–water partition coefficient (Wildman–Crippen LogP) is 4.00. The number of rotatable bonds is 4. The number of aromatic nitrogens is 2. The van der Waals surface area contributed by atoms with E-state index < -0.39 is 0 Å². The summed E-state index contributed by atoms with van der Waals surface area (Å²) in [6.07, 6.45) is 1.51. The molecule has 0 aliphatic carbocycles. The molecule has 1 aliphatic heterocycles. The van der Waals surface area contributed by atoms with Crippen LogP contribution in [0.5, 0.6) is 5.75 Å². The predicted molar refractivity (Wildman–Crippen MR) is 118 cm³/mol. The molecule has 0 N–H and O–H groups in total. The summed E-state index contributed by atoms with van der Waals surface area (Å²) in [7, 11) is 1.58. The molecule has 1 amide bonds. The minimum Gasteiger partial charge on any atom is -0.493 e. The van der Waals surface area contributed by atoms with E-state index in [2.05, 4.69) is 14.9 Å². The SMILES string of the molecule is COc1cccc2cc(C(=O)N3CCN(c4cc(-c5ccc(F)cc5)ncn4)CC3)oc12. The Morgan fingerprint density at radius 3 is 2.56 bits per heavy atom. The van der Waals surface area contributed by atoms with Gasteiger partial charge in [0.1, 0.15) is 18.0 Å². The summed E-state index contributed by atoms with van der Waals surface area (Å²) in [6, 6.07) is 15.4. The maximum absolute atomic E-state index is 13.2. The van der Waals surface area contributed by atoms with E-state index in [1.165, 1.54) is 18.5 Å². The Hall–Kier alpha value is -3.94. The summed E-state index contributed by atoms with van der Waals surface area (Å²) in [4.78, 5) is 25.6. The molecule has 0 bridgehead atoms. The van der Waals surface area contributed by atoms with Gasteiger partial charge in [0.15, 0.2) is 17.1 Å². The Morgan fingerprint density at radius 2 is 1.81 bits per heavy atom. The second-order valence-corrected chi connectivity index (χ2v) is 7.54. The number of hydrogen-bond acceptors (Lipinski definition) is 6. The quantitative estimate of drug-likeness (QED) is 0.486. The van der Waals surface area contributed by atoms with Gasteiger partial charge in [0, 0.05) is 43.2 Å². The molecule has 162 valence electrons. The summed E-state index contributed by atoms with van der Waals surface area (Å²) in [5, 5.41) is 0.834. The van der Waals surface area contributed by atoms with Crippen LogP contribution in [-0.2, 0) is 0 Å². The average Bonchev–Trinajstić information content (AvgIpc) is 3.29. The van der Waals surface area contributed by atoms with Gasteiger partial charge in [0.05, 0.1) is 12.8 Å². The van der Waals surface area contributed by atoms with Crippen molar-refractivity contribution in [2.24, 2.45) is 0 Å². The lowest BCUT2D eigenvalue weighted by atomic mass is 10.1. The van der Waals surface area contributed by atoms with Gasteiger partial charge in [-0.05, 0) is 36.4 Å². The normalized spacial score (nSPS) is 14.1. The number of methoxy groups -OCH3 is 1. The van der Waals surface area contributed by atoms with Gasteiger partial charge in [0.25, 0.3) is 5.91 Å². The van der Waals surface area contributed by atoms with E-state index in [1.54, 1.807) is 36.3 Å². The molecule has 2 aromatic heterocycles. The van der Waals surface area contributed by atoms with E-state index in [0.29, 0.717) is 43.3 Å². The second kappa shape index (κ2) is 8.30. The molecule has 5 rings (SSSR count). The summed E-state index contributed by atoms with van der Waals surface area (Å²) in [5.41, 5.74) is 2.13. The lowest BCUT2D eigenvalue weighted by Crippen LogP contribution is -2.49. The highest BCUT2D eigenvalue weighted by Crippen LogP contribution is 2.29. The zero-order valence-corrected chi connectivity index (χ0v) is 17.5. The number of hydrogen-bond donors (Lipinski definition) is 0. The first-order valence-electron chi connectivity index (χ1n) is 10.3. The molecule has 32 heavy (non-hydrogen) atoms. The van der Waals surface area contributed by atoms with Gasteiger partial charge in [-0.3, -0.25) is 4.79 Å². The highest BCUT2D eigenvalue weighted by Gasteiger charge is 2.26. The van der Waals surface area contributed by atoms with E-state index >= 15 is 0 Å². The lowest BCUT2D eigenvalue weighted by Gasteiger charge is -2.35. The van der Waals surface area contributed by atoms with Crippen molar-refractivity contribution >= 4 is 22.7 Å². The highest BCUT2D eigenvalue weighted by molar-refractivity contribution is 5.97. The molecule has 0 atom stereocenters. The number of halogens is 1. The van der Waals surface area contributed by atoms with E-state index in [-0.39, 0.29) is 11.7 Å². The Balaban J connectivity index is 1.29. The Morgan fingerprint density at radius 1 is 1.03 bits per heavy atom. The van der Waals surface area contributed by atoms with Crippen molar-refractivity contribution in [2.45, 2.75) is 0 Å². The van der Waals surface area contributed by atoms with Crippen molar-refractivity contribution in [3.8, 4) is 17.0 Å². The average molecular weight is 432 g/mol. The molecule has 1 saturated heterocycles. The highest BCUT2D eigenvalue weighted by atomic mass is 19.1. The molecule has 2 aromatic carbocycles. The summed E-state index contributed by atoms with van der Waals surface area (Å²) >= 11 is 0. The van der Waals surface area contributed by atoms with E-state index in [4.69, 9.17) is 9.15 Å². The van der Waals surface area contributed by atoms with Gasteiger partial charge >= 0.3 is 0 Å². The molecular weight excluding hydrogens is 411 g/mol. The zero-order chi connectivity index (χ0) is 22.1. The number of furan rings is 1. The zero-order valence-electron chi connectivity index (χ0n) is 17.5. The fraction of sp³-hybridized carbons (Fsp3) is 0.208. The molecule has 1 fully saturated rings. The molecule has 0 radical (unpaired) electrons. The van der Waals surface area contributed by atoms with Gasteiger partial charge in [0.2, 0.25) is 0 Å². The third-order valence-corrected chi connectivity index (χ3v) is 5.62. The Bertz CT molecular complexity index is 1260. The van der Waals surface area contributed by atoms with Crippen LogP contribution in [0.4, 0.5) is 10.2 Å². The molecule has 4 aromatic rings. The van der Waals surface area contributed by atoms with Gasteiger partial charge in [-0.25, -0.2) is 14.4 Å². The van der Waals surface area contributed by atoms with Crippen LogP contribution in [0.3, 0.4) is 0 Å². The van der Waals surface area contributed by atoms with Crippen molar-refractivity contribution in [2.75, 3.05) is 38.2 Å². The minimum absolute atomic E-state index is 0.141. The molecular formula is C24H21FN4O3. The number of para-hydroxylation sites is 1. The van der Waals surface area contributed by atoms with Crippen molar-refractivity contribution in [1.29, 1.82) is 0 Å². The molecule has 0 saturated carbocycles. The van der Waals surface area contributed by atoms with Crippen molar-refractivity contribution < 1.29 is 18.3 Å². The summed E-state index contributed by atoms with van der Waals surface area (Å²) in [5.74, 6) is 1.26. The van der Waals surface area contributed by atoms with E-state index in [9.17, 15) is 9.18 Å². The number of fused-ring (bicyclic) bond motifs is 1. The van der Waals surface area contributed by atoms with Crippen molar-refractivity contribution in [3.63, 3.8) is 0 Å². The van der Waals surface area contributed by atoms with Crippen LogP contribution < -0.4 is 9.64 Å². The largest absolute Gasteiger partial charge is 0.493 e. The van der Waals surface area contributed by atoms with Gasteiger partial charge in [-0.2, -0.15) is 0 Å². The van der Waals surface area contributed by atoms with Crippen molar-refractivity contribution in [1.82, 2.24) is 14.9 Å². The third-order valence-electron chi connectivity index (χ3n) is 5.62. The van der Waals surface area contributed by atoms with E-state index in [1.807, 2.05) is 18.2 Å². The molecule has 7 nitrogen and oxygen atoms in total. The maximum Gasteiger partial charge on any atom is 0.289 e. The van der Waals surface area contributed by atoms with Crippen LogP contribution in [0.25, 0.3) is 22.2 Å². The first-order valence-corrected chi connectivity index (χ1v) is 10.3. The topological polar surface area (TPSA) is 71.7 Å². The fourth-order valence-corrected chi connectivity index (χ4v) is 3.90. The number of piperazine rings is 1. The van der Waals surface area contributed by atoms with Gasteiger partial charge < -0.3 is 19.0 Å². The van der Waals surface area contributed by atoms with E-state index in [0.717, 1.165) is 22.5 Å². The Kier molecular flexibility index (Phi) is 5.18. The van der Waals surface area contributed by atoms with Crippen LogP contribution in [0.2, 0.25) is 0 Å². The van der Waals surface area contributed by atoms with Crippen LogP contribution >= 0.6 is 0 Å². The fourth-order valence-electron chi connectivity index (χ4n) is 3.90. The molecule has 1 aliphatic rings. The molecule has 0 unspecified atom stereocenters. The standard InChI is InChI=1S/C24H21FN4O3/c1-31-20-4-2-3-17-13-21(32-23(17)20)24(30)29-11-9-28(10-12-29)22-14-19(26-15-27-22)16-5-7-18(25)8-6-16/h2-8,13-15H,9-12H2,1H3. The third kappa shape index (κ3) is 3.75. The van der Waals surface area contributed by atoms with Gasteiger partial charge in [-0.1, -0.05) is 12.1 Å². The smallest absolute Gasteiger partial charge is 0.289 e. The number of nitrogens with zero attached hydrogens (tertiary/aromatic N) is 4. The van der Waals surface area contributed by atoms with Crippen LogP contribution in [0.1, 0.15) is 10.6 Å². The summed E-state index contributed by atoms with van der Waals surface area (Å²) in [6.45, 7) is 2.36. The first kappa shape index (κ1) is 20.0. The van der Waals surface area contributed by atoms with Gasteiger partial charge in [-0.15, -0.1) is 0 Å². The van der Waals surface area contributed by atoms with Crippen LogP contribution in [0, 0.1) is 5.82 Å². The lowest BCUT2D eigenvalue weighted by molar-refractivity contribution is 0.0716. The molecule has 0 spiro atoms. The summed E-state index contributed by atoms with van der Waals surface area (Å²) < 4.78 is 24.3. The minimum atomic E-state index is -0.285. The molecule has 8 heteroatoms. The Labute approximate surface area is 184 Å². The second-order valence-electron chi connectivity index (χ2n) is 7.54. The molecule has 3 heterocycles. The maximum atomic E-state index is 13.2. The number of benzene rings is 2. The van der Waals surface area contributed by atoms with Crippen LogP contribution in [0.15, 0.2) is 65.3 Å². The van der Waals surface area contributed by atoms with Crippen molar-refractivity contribution in [3.05, 3.63) is 72.5 Å².